The minimum absolute atomic E-state index is 0.00845. The lowest BCUT2D eigenvalue weighted by Crippen LogP contribution is -2.21. The van der Waals surface area contributed by atoms with Crippen molar-refractivity contribution in [3.63, 3.8) is 0 Å². The second-order valence-corrected chi connectivity index (χ2v) is 11.5. The normalized spacial score (nSPS) is 11.3. The fraction of sp³-hybridized carbons (Fsp3) is 0.243. The van der Waals surface area contributed by atoms with E-state index in [2.05, 4.69) is 10.4 Å². The van der Waals surface area contributed by atoms with Crippen LogP contribution in [0.2, 0.25) is 0 Å². The molecule has 0 radical (unpaired) electrons. The minimum atomic E-state index is -0.668. The molecule has 258 valence electrons. The Morgan fingerprint density at radius 3 is 2.40 bits per heavy atom. The highest BCUT2D eigenvalue weighted by atomic mass is 19.1. The van der Waals surface area contributed by atoms with Crippen LogP contribution in [0.3, 0.4) is 0 Å². The number of amides is 1. The van der Waals surface area contributed by atoms with Gasteiger partial charge < -0.3 is 19.5 Å². The Kier molecular flexibility index (Phi) is 10.8. The van der Waals surface area contributed by atoms with Crippen LogP contribution in [0.5, 0.6) is 17.2 Å². The maximum Gasteiger partial charge on any atom is 0.315 e. The number of carbonyl (C=O) groups excluding carboxylic acids is 1. The summed E-state index contributed by atoms with van der Waals surface area (Å²) in [5, 5.41) is 19.6. The molecule has 1 heterocycles. The number of anilines is 1. The largest absolute Gasteiger partial charge is 0.494 e. The zero-order chi connectivity index (χ0) is 35.9. The summed E-state index contributed by atoms with van der Waals surface area (Å²) >= 11 is 0. The third-order valence-corrected chi connectivity index (χ3v) is 7.63. The summed E-state index contributed by atoms with van der Waals surface area (Å²) in [7, 11) is 0. The summed E-state index contributed by atoms with van der Waals surface area (Å²) in [6.07, 6.45) is 1.30. The van der Waals surface area contributed by atoms with E-state index in [9.17, 15) is 24.1 Å². The second kappa shape index (κ2) is 15.4. The first-order chi connectivity index (χ1) is 24.0. The van der Waals surface area contributed by atoms with Crippen LogP contribution < -0.4 is 25.1 Å². The zero-order valence-electron chi connectivity index (χ0n) is 28.2. The molecule has 0 aliphatic heterocycles. The number of nitro groups is 1. The number of nitro benzene ring substituents is 1. The average molecular weight is 682 g/mol. The molecule has 1 N–H and O–H groups in total. The molecule has 0 aliphatic rings. The SMILES string of the molecule is CCOc1cc(C)c(-c2nc3ccccc3c(=O)n2N=Cc2cc(OCC)c(OCC(=O)Nc3ccc(F)cc3)c([N+](=O)[O-])c2)cc1C(C)C. The van der Waals surface area contributed by atoms with Crippen molar-refractivity contribution in [3.05, 3.63) is 116 Å². The maximum absolute atomic E-state index is 13.9. The molecule has 0 spiro atoms. The fourth-order valence-electron chi connectivity index (χ4n) is 5.29. The fourth-order valence-corrected chi connectivity index (χ4v) is 5.29. The Balaban J connectivity index is 1.57. The number of hydrogen-bond acceptors (Lipinski definition) is 9. The Morgan fingerprint density at radius 2 is 1.72 bits per heavy atom. The van der Waals surface area contributed by atoms with Crippen molar-refractivity contribution in [1.29, 1.82) is 0 Å². The lowest BCUT2D eigenvalue weighted by atomic mass is 9.96. The van der Waals surface area contributed by atoms with E-state index in [4.69, 9.17) is 19.2 Å². The molecule has 1 amide bonds. The van der Waals surface area contributed by atoms with Gasteiger partial charge in [0.2, 0.25) is 5.75 Å². The molecule has 5 aromatic rings. The molecular weight excluding hydrogens is 645 g/mol. The predicted octanol–water partition coefficient (Wildman–Crippen LogP) is 7.24. The summed E-state index contributed by atoms with van der Waals surface area (Å²) in [4.78, 5) is 42.9. The molecule has 4 aromatic carbocycles. The molecule has 0 aliphatic carbocycles. The second-order valence-electron chi connectivity index (χ2n) is 11.5. The maximum atomic E-state index is 13.9. The van der Waals surface area contributed by atoms with Crippen LogP contribution in [0.1, 0.15) is 50.3 Å². The molecule has 0 saturated heterocycles. The summed E-state index contributed by atoms with van der Waals surface area (Å²) in [5.41, 5.74) is 2.52. The van der Waals surface area contributed by atoms with Crippen LogP contribution in [-0.4, -0.2) is 46.5 Å². The van der Waals surface area contributed by atoms with E-state index in [1.54, 1.807) is 31.2 Å². The molecule has 0 fully saturated rings. The van der Waals surface area contributed by atoms with Gasteiger partial charge in [-0.15, -0.1) is 0 Å². The summed E-state index contributed by atoms with van der Waals surface area (Å²) in [6, 6.07) is 18.6. The van der Waals surface area contributed by atoms with Gasteiger partial charge in [0.1, 0.15) is 11.6 Å². The molecule has 13 heteroatoms. The van der Waals surface area contributed by atoms with E-state index >= 15 is 0 Å². The monoisotopic (exact) mass is 681 g/mol. The molecule has 0 atom stereocenters. The zero-order valence-corrected chi connectivity index (χ0v) is 28.2. The van der Waals surface area contributed by atoms with E-state index in [1.807, 2.05) is 39.8 Å². The van der Waals surface area contributed by atoms with Gasteiger partial charge in [-0.3, -0.25) is 19.7 Å². The number of aryl methyl sites for hydroxylation is 1. The van der Waals surface area contributed by atoms with E-state index in [1.165, 1.54) is 47.3 Å². The minimum Gasteiger partial charge on any atom is -0.494 e. The van der Waals surface area contributed by atoms with Crippen molar-refractivity contribution >= 4 is 34.4 Å². The van der Waals surface area contributed by atoms with E-state index < -0.39 is 34.5 Å². The van der Waals surface area contributed by atoms with Gasteiger partial charge in [0.15, 0.2) is 18.2 Å². The highest BCUT2D eigenvalue weighted by Gasteiger charge is 2.24. The molecule has 12 nitrogen and oxygen atoms in total. The number of nitrogens with one attached hydrogen (secondary N) is 1. The van der Waals surface area contributed by atoms with Gasteiger partial charge in [0.25, 0.3) is 11.5 Å². The first kappa shape index (κ1) is 35.2. The van der Waals surface area contributed by atoms with Gasteiger partial charge in [-0.1, -0.05) is 26.0 Å². The van der Waals surface area contributed by atoms with Gasteiger partial charge in [0.05, 0.1) is 35.3 Å². The standard InChI is InChI=1S/C37H36FN5O7/c1-6-48-32-16-23(5)29(19-28(32)22(3)4)36-41-30-11-9-8-10-27(30)37(45)42(36)39-20-24-17-31(43(46)47)35(33(18-24)49-7-2)50-21-34(44)40-26-14-12-25(38)13-15-26/h8-20,22H,6-7,21H2,1-5H3,(H,40,44). The van der Waals surface area contributed by atoms with Crippen molar-refractivity contribution in [1.82, 2.24) is 9.66 Å². The van der Waals surface area contributed by atoms with Crippen LogP contribution in [0.15, 0.2) is 82.7 Å². The third kappa shape index (κ3) is 7.78. The Hall–Kier alpha value is -6.11. The lowest BCUT2D eigenvalue weighted by molar-refractivity contribution is -0.385. The van der Waals surface area contributed by atoms with Gasteiger partial charge in [-0.05, 0) is 92.4 Å². The van der Waals surface area contributed by atoms with Gasteiger partial charge in [0, 0.05) is 22.9 Å². The van der Waals surface area contributed by atoms with Crippen LogP contribution in [0, 0.1) is 22.9 Å². The number of nitrogens with zero attached hydrogens (tertiary/aromatic N) is 4. The first-order valence-corrected chi connectivity index (χ1v) is 16.0. The van der Waals surface area contributed by atoms with Crippen LogP contribution in [0.25, 0.3) is 22.3 Å². The number of benzene rings is 4. The quantitative estimate of drug-likeness (QED) is 0.0777. The van der Waals surface area contributed by atoms with E-state index in [-0.39, 0.29) is 35.4 Å². The van der Waals surface area contributed by atoms with Crippen molar-refractivity contribution < 1.29 is 28.3 Å². The van der Waals surface area contributed by atoms with Crippen molar-refractivity contribution in [2.24, 2.45) is 5.10 Å². The number of hydrogen-bond donors (Lipinski definition) is 1. The molecule has 5 rings (SSSR count). The number of carbonyl (C=O) groups is 1. The van der Waals surface area contributed by atoms with Crippen molar-refractivity contribution in [2.75, 3.05) is 25.1 Å². The highest BCUT2D eigenvalue weighted by molar-refractivity contribution is 5.92. The summed E-state index contributed by atoms with van der Waals surface area (Å²) < 4.78 is 31.6. The smallest absolute Gasteiger partial charge is 0.315 e. The summed E-state index contributed by atoms with van der Waals surface area (Å²) in [6.45, 7) is 9.62. The van der Waals surface area contributed by atoms with Crippen LogP contribution in [0.4, 0.5) is 15.8 Å². The Labute approximate surface area is 287 Å². The average Bonchev–Trinajstić information content (AvgIpc) is 3.08. The Bertz CT molecular complexity index is 2150. The lowest BCUT2D eigenvalue weighted by Gasteiger charge is -2.18. The van der Waals surface area contributed by atoms with E-state index in [0.29, 0.717) is 28.8 Å². The molecule has 1 aromatic heterocycles. The number of aromatic nitrogens is 2. The van der Waals surface area contributed by atoms with Crippen LogP contribution >= 0.6 is 0 Å². The number of halogens is 1. The number of fused-ring (bicyclic) bond motifs is 1. The molecule has 50 heavy (non-hydrogen) atoms. The third-order valence-electron chi connectivity index (χ3n) is 7.63. The topological polar surface area (TPSA) is 147 Å². The number of para-hydroxylation sites is 1. The Morgan fingerprint density at radius 1 is 1.02 bits per heavy atom. The van der Waals surface area contributed by atoms with Crippen molar-refractivity contribution in [3.8, 4) is 28.6 Å². The van der Waals surface area contributed by atoms with Crippen LogP contribution in [-0.2, 0) is 4.79 Å². The van der Waals surface area contributed by atoms with Gasteiger partial charge in [-0.25, -0.2) is 9.37 Å². The first-order valence-electron chi connectivity index (χ1n) is 16.0. The predicted molar refractivity (Wildman–Crippen MR) is 189 cm³/mol. The molecule has 0 saturated carbocycles. The van der Waals surface area contributed by atoms with E-state index in [0.717, 1.165) is 16.9 Å². The van der Waals surface area contributed by atoms with Crippen molar-refractivity contribution in [2.45, 2.75) is 40.5 Å². The summed E-state index contributed by atoms with van der Waals surface area (Å²) in [5.74, 6) is -0.242. The number of rotatable bonds is 13. The number of ether oxygens (including phenoxy) is 3. The molecule has 0 unspecified atom stereocenters. The van der Waals surface area contributed by atoms with Gasteiger partial charge in [-0.2, -0.15) is 9.78 Å². The van der Waals surface area contributed by atoms with Gasteiger partial charge >= 0.3 is 5.69 Å². The molecule has 0 bridgehead atoms. The molecular formula is C37H36FN5O7. The highest BCUT2D eigenvalue weighted by Crippen LogP contribution is 2.39.